The van der Waals surface area contributed by atoms with Gasteiger partial charge in [-0.15, -0.1) is 0 Å². The largest absolute Gasteiger partial charge is 0.497 e. The van der Waals surface area contributed by atoms with E-state index in [-0.39, 0.29) is 18.4 Å². The number of rotatable bonds is 7. The lowest BCUT2D eigenvalue weighted by Crippen LogP contribution is -2.34. The molecule has 0 unspecified atom stereocenters. The van der Waals surface area contributed by atoms with Crippen molar-refractivity contribution in [2.45, 2.75) is 20.8 Å². The highest BCUT2D eigenvalue weighted by Crippen LogP contribution is 2.23. The standard InChI is InChI=1S/C23H28N2O4/c1-15-9-16(2)23(17(3)10-15)24-21(26)14-25(4)22(27)8-7-18-11-19(28-5)13-20(12-18)29-6/h7-13H,14H2,1-6H3,(H,24,26)/b8-7+. The Morgan fingerprint density at radius 1 is 0.966 bits per heavy atom. The normalized spacial score (nSPS) is 10.7. The summed E-state index contributed by atoms with van der Waals surface area (Å²) >= 11 is 0. The van der Waals surface area contributed by atoms with Crippen molar-refractivity contribution in [3.63, 3.8) is 0 Å². The lowest BCUT2D eigenvalue weighted by Gasteiger charge is -2.17. The molecule has 29 heavy (non-hydrogen) atoms. The number of anilines is 1. The molecule has 0 bridgehead atoms. The quantitative estimate of drug-likeness (QED) is 0.724. The van der Waals surface area contributed by atoms with Crippen molar-refractivity contribution in [3.8, 4) is 11.5 Å². The van der Waals surface area contributed by atoms with Crippen LogP contribution in [0.5, 0.6) is 11.5 Å². The summed E-state index contributed by atoms with van der Waals surface area (Å²) in [5.74, 6) is 0.743. The smallest absolute Gasteiger partial charge is 0.246 e. The molecule has 0 saturated carbocycles. The van der Waals surface area contributed by atoms with E-state index in [1.807, 2.05) is 32.9 Å². The van der Waals surface area contributed by atoms with E-state index in [4.69, 9.17) is 9.47 Å². The topological polar surface area (TPSA) is 67.9 Å². The van der Waals surface area contributed by atoms with Gasteiger partial charge in [0.2, 0.25) is 11.8 Å². The van der Waals surface area contributed by atoms with Crippen molar-refractivity contribution in [3.05, 3.63) is 58.7 Å². The summed E-state index contributed by atoms with van der Waals surface area (Å²) in [4.78, 5) is 26.1. The van der Waals surface area contributed by atoms with Crippen LogP contribution in [0.2, 0.25) is 0 Å². The average molecular weight is 396 g/mol. The first-order valence-corrected chi connectivity index (χ1v) is 9.27. The van der Waals surface area contributed by atoms with Gasteiger partial charge in [-0.25, -0.2) is 0 Å². The number of ether oxygens (including phenoxy) is 2. The first kappa shape index (κ1) is 22.0. The first-order valence-electron chi connectivity index (χ1n) is 9.27. The third-order valence-electron chi connectivity index (χ3n) is 4.49. The van der Waals surface area contributed by atoms with Gasteiger partial charge in [0.05, 0.1) is 20.8 Å². The van der Waals surface area contributed by atoms with Crippen LogP contribution in [-0.2, 0) is 9.59 Å². The highest BCUT2D eigenvalue weighted by Gasteiger charge is 2.13. The molecule has 0 aliphatic rings. The van der Waals surface area contributed by atoms with Crippen molar-refractivity contribution in [2.24, 2.45) is 0 Å². The van der Waals surface area contributed by atoms with E-state index >= 15 is 0 Å². The van der Waals surface area contributed by atoms with Crippen molar-refractivity contribution in [1.29, 1.82) is 0 Å². The SMILES string of the molecule is COc1cc(/C=C/C(=O)N(C)CC(=O)Nc2c(C)cc(C)cc2C)cc(OC)c1. The molecule has 1 N–H and O–H groups in total. The van der Waals surface area contributed by atoms with Gasteiger partial charge >= 0.3 is 0 Å². The van der Waals surface area contributed by atoms with Crippen molar-refractivity contribution in [2.75, 3.05) is 33.1 Å². The van der Waals surface area contributed by atoms with Crippen LogP contribution in [0.4, 0.5) is 5.69 Å². The number of likely N-dealkylation sites (N-methyl/N-ethyl adjacent to an activating group) is 1. The second kappa shape index (κ2) is 9.78. The number of hydrogen-bond acceptors (Lipinski definition) is 4. The number of hydrogen-bond donors (Lipinski definition) is 1. The molecule has 2 aromatic carbocycles. The van der Waals surface area contributed by atoms with Crippen LogP contribution in [-0.4, -0.2) is 44.5 Å². The first-order chi connectivity index (χ1) is 13.7. The third kappa shape index (κ3) is 6.10. The minimum absolute atomic E-state index is 0.0443. The van der Waals surface area contributed by atoms with Gasteiger partial charge in [0.15, 0.2) is 0 Å². The monoisotopic (exact) mass is 396 g/mol. The summed E-state index contributed by atoms with van der Waals surface area (Å²) in [5.41, 5.74) is 4.69. The van der Waals surface area contributed by atoms with Crippen molar-refractivity contribution in [1.82, 2.24) is 4.90 Å². The molecule has 0 heterocycles. The van der Waals surface area contributed by atoms with Crippen LogP contribution in [0.25, 0.3) is 6.08 Å². The van der Waals surface area contributed by atoms with E-state index in [9.17, 15) is 9.59 Å². The van der Waals surface area contributed by atoms with Gasteiger partial charge in [-0.2, -0.15) is 0 Å². The second-order valence-corrected chi connectivity index (χ2v) is 7.00. The molecule has 2 aromatic rings. The number of aryl methyl sites for hydroxylation is 3. The lowest BCUT2D eigenvalue weighted by molar-refractivity contribution is -0.129. The lowest BCUT2D eigenvalue weighted by atomic mass is 10.1. The summed E-state index contributed by atoms with van der Waals surface area (Å²) in [6, 6.07) is 9.37. The predicted octanol–water partition coefficient (Wildman–Crippen LogP) is 3.74. The second-order valence-electron chi connectivity index (χ2n) is 7.00. The molecule has 6 heteroatoms. The van der Waals surface area contributed by atoms with E-state index < -0.39 is 0 Å². The zero-order valence-corrected chi connectivity index (χ0v) is 17.8. The molecule has 154 valence electrons. The summed E-state index contributed by atoms with van der Waals surface area (Å²) < 4.78 is 10.5. The predicted molar refractivity (Wildman–Crippen MR) is 115 cm³/mol. The Hall–Kier alpha value is -3.28. The minimum Gasteiger partial charge on any atom is -0.497 e. The maximum Gasteiger partial charge on any atom is 0.246 e. The molecule has 0 spiro atoms. The minimum atomic E-state index is -0.278. The maximum absolute atomic E-state index is 12.4. The summed E-state index contributed by atoms with van der Waals surface area (Å²) in [6.45, 7) is 5.88. The van der Waals surface area contributed by atoms with Gasteiger partial charge in [-0.3, -0.25) is 9.59 Å². The van der Waals surface area contributed by atoms with Crippen molar-refractivity contribution < 1.29 is 19.1 Å². The average Bonchev–Trinajstić information content (AvgIpc) is 2.68. The van der Waals surface area contributed by atoms with Gasteiger partial charge in [0.1, 0.15) is 11.5 Å². The Kier molecular flexibility index (Phi) is 7.42. The fraction of sp³-hybridized carbons (Fsp3) is 0.304. The van der Waals surface area contributed by atoms with E-state index in [1.54, 1.807) is 45.5 Å². The Morgan fingerprint density at radius 2 is 1.52 bits per heavy atom. The van der Waals surface area contributed by atoms with Crippen LogP contribution in [0, 0.1) is 20.8 Å². The molecule has 0 radical (unpaired) electrons. The van der Waals surface area contributed by atoms with Crippen LogP contribution < -0.4 is 14.8 Å². The Labute approximate surface area is 172 Å². The number of nitrogens with one attached hydrogen (secondary N) is 1. The zero-order valence-electron chi connectivity index (χ0n) is 17.8. The summed E-state index contributed by atoms with van der Waals surface area (Å²) in [5, 5.41) is 2.91. The zero-order chi connectivity index (χ0) is 21.6. The number of benzene rings is 2. The van der Waals surface area contributed by atoms with Gasteiger partial charge < -0.3 is 19.7 Å². The fourth-order valence-electron chi connectivity index (χ4n) is 3.07. The molecular weight excluding hydrogens is 368 g/mol. The molecule has 0 saturated heterocycles. The fourth-order valence-corrected chi connectivity index (χ4v) is 3.07. The molecule has 0 atom stereocenters. The third-order valence-corrected chi connectivity index (χ3v) is 4.49. The molecule has 0 aromatic heterocycles. The molecule has 6 nitrogen and oxygen atoms in total. The molecule has 2 amide bonds. The summed E-state index contributed by atoms with van der Waals surface area (Å²) in [7, 11) is 4.72. The van der Waals surface area contributed by atoms with Gasteiger partial charge in [-0.05, 0) is 55.7 Å². The Morgan fingerprint density at radius 3 is 2.03 bits per heavy atom. The van der Waals surface area contributed by atoms with Crippen molar-refractivity contribution >= 4 is 23.6 Å². The Bertz CT molecular complexity index is 889. The van der Waals surface area contributed by atoms with E-state index in [0.29, 0.717) is 11.5 Å². The molecule has 0 fully saturated rings. The molecular formula is C23H28N2O4. The van der Waals surface area contributed by atoms with Crippen LogP contribution >= 0.6 is 0 Å². The van der Waals surface area contributed by atoms with Gasteiger partial charge in [-0.1, -0.05) is 17.7 Å². The maximum atomic E-state index is 12.4. The number of nitrogens with zero attached hydrogens (tertiary/aromatic N) is 1. The molecule has 2 rings (SSSR count). The van der Waals surface area contributed by atoms with E-state index in [0.717, 1.165) is 27.9 Å². The van der Waals surface area contributed by atoms with Gasteiger partial charge in [0, 0.05) is 24.9 Å². The number of carbonyl (C=O) groups excluding carboxylic acids is 2. The van der Waals surface area contributed by atoms with Crippen LogP contribution in [0.3, 0.4) is 0 Å². The molecule has 0 aliphatic carbocycles. The van der Waals surface area contributed by atoms with Gasteiger partial charge in [0.25, 0.3) is 0 Å². The highest BCUT2D eigenvalue weighted by molar-refractivity contribution is 5.98. The van der Waals surface area contributed by atoms with Crippen LogP contribution in [0.1, 0.15) is 22.3 Å². The van der Waals surface area contributed by atoms with E-state index in [2.05, 4.69) is 5.32 Å². The number of amides is 2. The number of methoxy groups -OCH3 is 2. The highest BCUT2D eigenvalue weighted by atomic mass is 16.5. The summed E-state index contributed by atoms with van der Waals surface area (Å²) in [6.07, 6.45) is 3.08. The number of carbonyl (C=O) groups is 2. The molecule has 0 aliphatic heterocycles. The Balaban J connectivity index is 2.02. The van der Waals surface area contributed by atoms with E-state index in [1.165, 1.54) is 11.0 Å². The van der Waals surface area contributed by atoms with Crippen LogP contribution in [0.15, 0.2) is 36.4 Å².